The molecule has 2 aliphatic rings. The van der Waals surface area contributed by atoms with Crippen LogP contribution in [0.4, 0.5) is 0 Å². The number of fused-ring (bicyclic) bond motifs is 6. The van der Waals surface area contributed by atoms with Gasteiger partial charge < -0.3 is 0 Å². The molecule has 4 aromatic carbocycles. The number of hydrogen-bond donors (Lipinski definition) is 1. The van der Waals surface area contributed by atoms with Gasteiger partial charge in [0.05, 0.1) is 4.90 Å². The topological polar surface area (TPSA) is 50.1 Å². The fraction of sp³-hybridized carbons (Fsp3) is 0.216. The molecule has 1 heterocycles. The van der Waals surface area contributed by atoms with Crippen molar-refractivity contribution < 1.29 is 13.0 Å². The predicted molar refractivity (Wildman–Crippen MR) is 169 cm³/mol. The summed E-state index contributed by atoms with van der Waals surface area (Å²) in [6, 6.07) is 35.5. The summed E-state index contributed by atoms with van der Waals surface area (Å²) in [5.41, 5.74) is 14.5. The van der Waals surface area contributed by atoms with Gasteiger partial charge in [0.2, 0.25) is 21.4 Å². The Labute approximate surface area is 248 Å². The van der Waals surface area contributed by atoms with E-state index in [2.05, 4.69) is 88.2 Å². The SMILES string of the molecule is Cc1ccc(S(=O)(=O)NCCC[n+]2c3c(c(-c4ccccc4)c4c2-c2ccccc2CC4)CCc2ccccc2-3)cc1. The van der Waals surface area contributed by atoms with Crippen molar-refractivity contribution in [2.75, 3.05) is 6.54 Å². The summed E-state index contributed by atoms with van der Waals surface area (Å²) in [7, 11) is -3.57. The zero-order chi connectivity index (χ0) is 28.7. The molecule has 7 rings (SSSR count). The van der Waals surface area contributed by atoms with Crippen LogP contribution in [0.1, 0.15) is 34.2 Å². The van der Waals surface area contributed by atoms with Crippen LogP contribution in [0.3, 0.4) is 0 Å². The van der Waals surface area contributed by atoms with Gasteiger partial charge in [-0.1, -0.05) is 84.4 Å². The molecule has 42 heavy (non-hydrogen) atoms. The van der Waals surface area contributed by atoms with Crippen LogP contribution in [-0.4, -0.2) is 15.0 Å². The molecular formula is C37H35N2O2S+. The van der Waals surface area contributed by atoms with Gasteiger partial charge in [-0.15, -0.1) is 0 Å². The van der Waals surface area contributed by atoms with Crippen molar-refractivity contribution in [1.29, 1.82) is 0 Å². The fourth-order valence-electron chi connectivity index (χ4n) is 6.84. The molecule has 0 unspecified atom stereocenters. The Hall–Kier alpha value is -4.06. The summed E-state index contributed by atoms with van der Waals surface area (Å²) in [6.45, 7) is 3.05. The van der Waals surface area contributed by atoms with E-state index in [1.165, 1.54) is 55.9 Å². The van der Waals surface area contributed by atoms with Crippen LogP contribution in [0.2, 0.25) is 0 Å². The summed E-state index contributed by atoms with van der Waals surface area (Å²) in [5, 5.41) is 0. The lowest BCUT2D eigenvalue weighted by atomic mass is 9.77. The van der Waals surface area contributed by atoms with Gasteiger partial charge in [-0.3, -0.25) is 0 Å². The van der Waals surface area contributed by atoms with Crippen LogP contribution in [0.15, 0.2) is 108 Å². The van der Waals surface area contributed by atoms with Gasteiger partial charge in [0.1, 0.15) is 0 Å². The lowest BCUT2D eigenvalue weighted by Crippen LogP contribution is -2.44. The van der Waals surface area contributed by atoms with Crippen molar-refractivity contribution in [3.63, 3.8) is 0 Å². The third-order valence-corrected chi connectivity index (χ3v) is 10.3. The smallest absolute Gasteiger partial charge is 0.211 e. The molecule has 0 atom stereocenters. The number of hydrogen-bond acceptors (Lipinski definition) is 2. The number of pyridine rings is 1. The van der Waals surface area contributed by atoms with E-state index in [1.54, 1.807) is 12.1 Å². The van der Waals surface area contributed by atoms with Crippen LogP contribution < -0.4 is 9.29 Å². The normalized spacial score (nSPS) is 13.5. The van der Waals surface area contributed by atoms with Gasteiger partial charge in [0, 0.05) is 40.8 Å². The first-order valence-electron chi connectivity index (χ1n) is 14.9. The van der Waals surface area contributed by atoms with E-state index in [4.69, 9.17) is 0 Å². The van der Waals surface area contributed by atoms with E-state index in [-0.39, 0.29) is 0 Å². The molecule has 5 heteroatoms. The van der Waals surface area contributed by atoms with Crippen molar-refractivity contribution in [2.24, 2.45) is 0 Å². The Bertz CT molecular complexity index is 1820. The maximum atomic E-state index is 13.0. The monoisotopic (exact) mass is 571 g/mol. The molecule has 0 radical (unpaired) electrons. The first-order valence-corrected chi connectivity index (χ1v) is 16.4. The molecule has 0 aliphatic heterocycles. The number of benzene rings is 4. The maximum Gasteiger partial charge on any atom is 0.240 e. The van der Waals surface area contributed by atoms with Gasteiger partial charge in [-0.25, -0.2) is 13.1 Å². The Kier molecular flexibility index (Phi) is 7.01. The molecule has 0 spiro atoms. The van der Waals surface area contributed by atoms with E-state index in [1.807, 2.05) is 19.1 Å². The van der Waals surface area contributed by atoms with E-state index in [0.29, 0.717) is 17.9 Å². The van der Waals surface area contributed by atoms with Crippen molar-refractivity contribution in [2.45, 2.75) is 50.5 Å². The Morgan fingerprint density at radius 2 is 1.21 bits per heavy atom. The van der Waals surface area contributed by atoms with Gasteiger partial charge in [0.15, 0.2) is 6.54 Å². The molecule has 0 amide bonds. The Morgan fingerprint density at radius 3 is 1.81 bits per heavy atom. The van der Waals surface area contributed by atoms with Crippen molar-refractivity contribution >= 4 is 10.0 Å². The Balaban J connectivity index is 1.36. The van der Waals surface area contributed by atoms with Crippen LogP contribution in [0, 0.1) is 6.92 Å². The summed E-state index contributed by atoms with van der Waals surface area (Å²) < 4.78 is 31.4. The van der Waals surface area contributed by atoms with E-state index in [9.17, 15) is 8.42 Å². The second-order valence-electron chi connectivity index (χ2n) is 11.4. The van der Waals surface area contributed by atoms with Crippen molar-refractivity contribution in [3.8, 4) is 33.6 Å². The minimum Gasteiger partial charge on any atom is -0.211 e. The van der Waals surface area contributed by atoms with Crippen LogP contribution in [-0.2, 0) is 42.3 Å². The first-order chi connectivity index (χ1) is 20.5. The van der Waals surface area contributed by atoms with Crippen LogP contribution in [0.25, 0.3) is 33.6 Å². The molecule has 210 valence electrons. The molecule has 1 aromatic heterocycles. The van der Waals surface area contributed by atoms with Crippen LogP contribution in [0.5, 0.6) is 0 Å². The number of sulfonamides is 1. The second-order valence-corrected chi connectivity index (χ2v) is 13.2. The fourth-order valence-corrected chi connectivity index (χ4v) is 7.91. The molecule has 0 saturated heterocycles. The average molecular weight is 572 g/mol. The molecule has 2 aliphatic carbocycles. The van der Waals surface area contributed by atoms with Gasteiger partial charge in [0.25, 0.3) is 0 Å². The highest BCUT2D eigenvalue weighted by Gasteiger charge is 2.37. The maximum absolute atomic E-state index is 13.0. The third kappa shape index (κ3) is 4.77. The molecule has 0 bridgehead atoms. The molecule has 0 fully saturated rings. The minimum absolute atomic E-state index is 0.311. The Morgan fingerprint density at radius 1 is 0.667 bits per heavy atom. The highest BCUT2D eigenvalue weighted by Crippen LogP contribution is 2.44. The van der Waals surface area contributed by atoms with Gasteiger partial charge in [-0.2, -0.15) is 4.57 Å². The largest absolute Gasteiger partial charge is 0.240 e. The number of rotatable bonds is 7. The number of nitrogens with one attached hydrogen (secondary N) is 1. The number of aryl methyl sites for hydroxylation is 3. The molecule has 5 aromatic rings. The molecule has 1 N–H and O–H groups in total. The standard InChI is InChI=1S/C37H35N2O2S/c1-26-16-20-30(21-17-26)42(40,41)38-24-9-25-39-36-31-14-7-5-10-27(31)18-22-33(36)35(29-12-3-2-4-13-29)34-23-19-28-11-6-8-15-32(28)37(34)39/h2-8,10-17,20-21,38H,9,18-19,22-25H2,1H3/q+1. The van der Waals surface area contributed by atoms with Gasteiger partial charge >= 0.3 is 0 Å². The molecular weight excluding hydrogens is 536 g/mol. The lowest BCUT2D eigenvalue weighted by molar-refractivity contribution is -0.676. The summed E-state index contributed by atoms with van der Waals surface area (Å²) in [5.74, 6) is 0. The van der Waals surface area contributed by atoms with Crippen LogP contribution >= 0.6 is 0 Å². The lowest BCUT2D eigenvalue weighted by Gasteiger charge is -2.28. The molecule has 4 nitrogen and oxygen atoms in total. The quantitative estimate of drug-likeness (QED) is 0.172. The highest BCUT2D eigenvalue weighted by atomic mass is 32.2. The van der Waals surface area contributed by atoms with E-state index in [0.717, 1.165) is 37.8 Å². The zero-order valence-electron chi connectivity index (χ0n) is 23.9. The zero-order valence-corrected chi connectivity index (χ0v) is 24.8. The number of nitrogens with zero attached hydrogens (tertiary/aromatic N) is 1. The van der Waals surface area contributed by atoms with Crippen molar-refractivity contribution in [3.05, 3.63) is 131 Å². The van der Waals surface area contributed by atoms with E-state index < -0.39 is 10.0 Å². The minimum atomic E-state index is -3.57. The summed E-state index contributed by atoms with van der Waals surface area (Å²) in [6.07, 6.45) is 4.71. The number of aromatic nitrogens is 1. The predicted octanol–water partition coefficient (Wildman–Crippen LogP) is 6.85. The average Bonchev–Trinajstić information content (AvgIpc) is 3.02. The highest BCUT2D eigenvalue weighted by molar-refractivity contribution is 7.89. The first kappa shape index (κ1) is 26.8. The van der Waals surface area contributed by atoms with E-state index >= 15 is 0 Å². The molecule has 0 saturated carbocycles. The van der Waals surface area contributed by atoms with Crippen molar-refractivity contribution in [1.82, 2.24) is 4.72 Å². The summed E-state index contributed by atoms with van der Waals surface area (Å²) in [4.78, 5) is 0.311. The second kappa shape index (κ2) is 11.0. The summed E-state index contributed by atoms with van der Waals surface area (Å²) >= 11 is 0. The van der Waals surface area contributed by atoms with Gasteiger partial charge in [-0.05, 0) is 73.6 Å². The third-order valence-electron chi connectivity index (χ3n) is 8.79.